The van der Waals surface area contributed by atoms with Crippen LogP contribution in [0.25, 0.3) is 0 Å². The smallest absolute Gasteiger partial charge is 0.305 e. The lowest BCUT2D eigenvalue weighted by Gasteiger charge is -2.43. The van der Waals surface area contributed by atoms with Gasteiger partial charge in [0, 0.05) is 26.6 Å². The first-order valence-corrected chi connectivity index (χ1v) is 13.7. The molecule has 0 spiro atoms. The summed E-state index contributed by atoms with van der Waals surface area (Å²) in [6, 6.07) is 14.8. The minimum Gasteiger partial charge on any atom is -0.496 e. The van der Waals surface area contributed by atoms with E-state index in [1.54, 1.807) is 43.1 Å². The van der Waals surface area contributed by atoms with Gasteiger partial charge in [-0.05, 0) is 54.5 Å². The molecule has 2 aliphatic carbocycles. The van der Waals surface area contributed by atoms with E-state index in [1.165, 1.54) is 16.2 Å². The van der Waals surface area contributed by atoms with Crippen molar-refractivity contribution in [3.63, 3.8) is 0 Å². The third kappa shape index (κ3) is 2.93. The molecule has 0 unspecified atom stereocenters. The standard InChI is InChI=1S/C26H21ClN2O4S2/c1-33-16-5-3-2-4-13(16)17-18-14-10-15(21(18)34-23-22(17)35-26(32)28-23)20-19(14)24(30)29(25(20)31)12-8-6-11(27)7-9-12/h2-9,14-15,17-21H,10H2,1H3,(H,28,32)/t14-,15-,17+,18+,19+,20+,21-/m1/s1. The lowest BCUT2D eigenvalue weighted by atomic mass is 9.68. The molecular weight excluding hydrogens is 504 g/mol. The zero-order chi connectivity index (χ0) is 24.0. The van der Waals surface area contributed by atoms with Crippen molar-refractivity contribution in [1.82, 2.24) is 4.98 Å². The van der Waals surface area contributed by atoms with Gasteiger partial charge in [0.2, 0.25) is 11.8 Å². The predicted octanol–water partition coefficient (Wildman–Crippen LogP) is 4.78. The van der Waals surface area contributed by atoms with E-state index in [-0.39, 0.29) is 57.4 Å². The topological polar surface area (TPSA) is 79.5 Å². The van der Waals surface area contributed by atoms with Gasteiger partial charge in [-0.25, -0.2) is 0 Å². The molecule has 9 heteroatoms. The number of carbonyl (C=O) groups is 2. The number of anilines is 1. The highest BCUT2D eigenvalue weighted by atomic mass is 35.5. The Morgan fingerprint density at radius 2 is 1.71 bits per heavy atom. The third-order valence-corrected chi connectivity index (χ3v) is 11.1. The highest BCUT2D eigenvalue weighted by Crippen LogP contribution is 2.69. The van der Waals surface area contributed by atoms with Gasteiger partial charge in [-0.1, -0.05) is 41.1 Å². The molecule has 178 valence electrons. The maximum absolute atomic E-state index is 13.8. The number of imide groups is 1. The molecule has 2 bridgehead atoms. The number of aromatic amines is 1. The Morgan fingerprint density at radius 3 is 2.46 bits per heavy atom. The van der Waals surface area contributed by atoms with E-state index in [0.29, 0.717) is 10.7 Å². The second-order valence-corrected chi connectivity index (χ2v) is 12.3. The highest BCUT2D eigenvalue weighted by molar-refractivity contribution is 8.00. The molecule has 1 aromatic heterocycles. The van der Waals surface area contributed by atoms with Crippen LogP contribution in [-0.2, 0) is 9.59 Å². The maximum Gasteiger partial charge on any atom is 0.305 e. The maximum atomic E-state index is 13.8. The van der Waals surface area contributed by atoms with Crippen molar-refractivity contribution in [1.29, 1.82) is 0 Å². The lowest BCUT2D eigenvalue weighted by molar-refractivity contribution is -0.123. The van der Waals surface area contributed by atoms with Crippen molar-refractivity contribution in [2.24, 2.45) is 29.6 Å². The van der Waals surface area contributed by atoms with Gasteiger partial charge >= 0.3 is 4.87 Å². The molecule has 1 N–H and O–H groups in total. The number of rotatable bonds is 3. The number of ether oxygens (including phenoxy) is 1. The molecule has 7 rings (SSSR count). The Kier molecular flexibility index (Phi) is 4.79. The van der Waals surface area contributed by atoms with Crippen molar-refractivity contribution in [2.75, 3.05) is 12.0 Å². The summed E-state index contributed by atoms with van der Waals surface area (Å²) in [7, 11) is 1.66. The van der Waals surface area contributed by atoms with Crippen molar-refractivity contribution >= 4 is 52.2 Å². The number of hydrogen-bond acceptors (Lipinski definition) is 6. The molecule has 1 saturated heterocycles. The van der Waals surface area contributed by atoms with Crippen molar-refractivity contribution in [3.05, 3.63) is 73.7 Å². The molecule has 2 amide bonds. The second-order valence-electron chi connectivity index (χ2n) is 9.69. The number of H-pyrrole nitrogens is 1. The molecule has 2 aromatic carbocycles. The number of carbonyl (C=O) groups excluding carboxylic acids is 2. The van der Waals surface area contributed by atoms with Gasteiger partial charge < -0.3 is 9.72 Å². The van der Waals surface area contributed by atoms with Crippen molar-refractivity contribution < 1.29 is 14.3 Å². The lowest BCUT2D eigenvalue weighted by Crippen LogP contribution is -2.42. The first-order chi connectivity index (χ1) is 17.0. The second kappa shape index (κ2) is 7.72. The number of benzene rings is 2. The SMILES string of the molecule is COc1ccccc1[C@@H]1c2sc(=O)[nH]c2S[C@@H]2[C@@H]3C[C@@H]([C@@H]4C(=O)N(c5ccc(Cl)cc5)C(=O)[C@@H]34)[C@@H]12. The number of amides is 2. The van der Waals surface area contributed by atoms with Gasteiger partial charge in [0.15, 0.2) is 0 Å². The molecule has 35 heavy (non-hydrogen) atoms. The van der Waals surface area contributed by atoms with Crippen LogP contribution >= 0.6 is 34.7 Å². The average Bonchev–Trinajstić information content (AvgIpc) is 3.59. The monoisotopic (exact) mass is 524 g/mol. The molecule has 2 aliphatic heterocycles. The summed E-state index contributed by atoms with van der Waals surface area (Å²) < 4.78 is 5.73. The normalized spacial score (nSPS) is 32.5. The van der Waals surface area contributed by atoms with E-state index in [0.717, 1.165) is 27.6 Å². The van der Waals surface area contributed by atoms with E-state index < -0.39 is 0 Å². The first-order valence-electron chi connectivity index (χ1n) is 11.6. The minimum atomic E-state index is -0.334. The summed E-state index contributed by atoms with van der Waals surface area (Å²) >= 11 is 8.98. The fraction of sp³-hybridized carbons (Fsp3) is 0.346. The van der Waals surface area contributed by atoms with E-state index in [9.17, 15) is 14.4 Å². The molecule has 3 aromatic rings. The zero-order valence-electron chi connectivity index (χ0n) is 18.6. The number of halogens is 1. The van der Waals surface area contributed by atoms with Crippen molar-refractivity contribution in [3.8, 4) is 5.75 Å². The van der Waals surface area contributed by atoms with Crippen LogP contribution in [0, 0.1) is 29.6 Å². The first kappa shape index (κ1) is 21.7. The van der Waals surface area contributed by atoms with Crippen LogP contribution < -0.4 is 14.5 Å². The number of thioether (sulfide) groups is 1. The van der Waals surface area contributed by atoms with Gasteiger partial charge in [0.1, 0.15) is 5.75 Å². The Balaban J connectivity index is 1.34. The zero-order valence-corrected chi connectivity index (χ0v) is 21.0. The molecule has 3 heterocycles. The summed E-state index contributed by atoms with van der Waals surface area (Å²) in [5.74, 6) is 0.159. The Labute approximate surface area is 214 Å². The Bertz CT molecular complexity index is 1430. The summed E-state index contributed by atoms with van der Waals surface area (Å²) in [6.45, 7) is 0. The number of nitrogens with one attached hydrogen (secondary N) is 1. The summed E-state index contributed by atoms with van der Waals surface area (Å²) in [5.41, 5.74) is 1.62. The quantitative estimate of drug-likeness (QED) is 0.499. The number of methoxy groups -OCH3 is 1. The number of thiazole rings is 1. The van der Waals surface area contributed by atoms with Crippen LogP contribution in [0.1, 0.15) is 22.8 Å². The van der Waals surface area contributed by atoms with Gasteiger partial charge in [0.25, 0.3) is 0 Å². The molecular formula is C26H21ClN2O4S2. The van der Waals surface area contributed by atoms with Crippen LogP contribution in [0.2, 0.25) is 5.02 Å². The molecule has 0 radical (unpaired) electrons. The molecule has 3 fully saturated rings. The van der Waals surface area contributed by atoms with Gasteiger partial charge in [-0.2, -0.15) is 0 Å². The summed E-state index contributed by atoms with van der Waals surface area (Å²) in [4.78, 5) is 45.1. The molecule has 7 atom stereocenters. The van der Waals surface area contributed by atoms with Gasteiger partial charge in [0.05, 0.1) is 29.7 Å². The van der Waals surface area contributed by atoms with Crippen molar-refractivity contribution in [2.45, 2.75) is 22.6 Å². The van der Waals surface area contributed by atoms with Crippen LogP contribution in [0.3, 0.4) is 0 Å². The summed E-state index contributed by atoms with van der Waals surface area (Å²) in [5, 5.41) is 1.61. The Hall–Kier alpha value is -2.55. The van der Waals surface area contributed by atoms with E-state index in [4.69, 9.17) is 16.3 Å². The summed E-state index contributed by atoms with van der Waals surface area (Å²) in [6.07, 6.45) is 0.856. The van der Waals surface area contributed by atoms with Crippen LogP contribution in [-0.4, -0.2) is 29.2 Å². The van der Waals surface area contributed by atoms with Gasteiger partial charge in [-0.15, -0.1) is 11.8 Å². The fourth-order valence-electron chi connectivity index (χ4n) is 7.13. The third-order valence-electron chi connectivity index (χ3n) is 8.28. The number of hydrogen-bond donors (Lipinski definition) is 1. The Morgan fingerprint density at radius 1 is 1.00 bits per heavy atom. The number of nitrogens with zero attached hydrogens (tertiary/aromatic N) is 1. The van der Waals surface area contributed by atoms with Crippen LogP contribution in [0.5, 0.6) is 5.75 Å². The van der Waals surface area contributed by atoms with Crippen LogP contribution in [0.15, 0.2) is 58.4 Å². The fourth-order valence-corrected chi connectivity index (χ4v) is 10.1. The van der Waals surface area contributed by atoms with Gasteiger partial charge in [-0.3, -0.25) is 19.3 Å². The largest absolute Gasteiger partial charge is 0.496 e. The predicted molar refractivity (Wildman–Crippen MR) is 135 cm³/mol. The van der Waals surface area contributed by atoms with Crippen LogP contribution in [0.4, 0.5) is 5.69 Å². The van der Waals surface area contributed by atoms with E-state index in [1.807, 2.05) is 18.2 Å². The number of aromatic nitrogens is 1. The highest BCUT2D eigenvalue weighted by Gasteiger charge is 2.69. The van der Waals surface area contributed by atoms with E-state index in [2.05, 4.69) is 11.1 Å². The average molecular weight is 525 g/mol. The molecule has 6 nitrogen and oxygen atoms in total. The number of fused-ring (bicyclic) bond motifs is 9. The molecule has 2 saturated carbocycles. The van der Waals surface area contributed by atoms with E-state index >= 15 is 0 Å². The minimum absolute atomic E-state index is 0.0558. The molecule has 4 aliphatic rings. The number of para-hydroxylation sites is 1.